The molecule has 0 aromatic heterocycles. The van der Waals surface area contributed by atoms with E-state index in [-0.39, 0.29) is 20.8 Å². The van der Waals surface area contributed by atoms with Crippen molar-refractivity contribution in [2.45, 2.75) is 36.6 Å². The number of likely N-dealkylation sites (tertiary alicyclic amines) is 1. The molecule has 1 aromatic carbocycles. The monoisotopic (exact) mass is 424 g/mol. The number of nitrogens with one attached hydrogen (secondary N) is 1. The van der Waals surface area contributed by atoms with Crippen LogP contribution in [-0.2, 0) is 14.8 Å². The molecule has 1 unspecified atom stereocenters. The van der Waals surface area contributed by atoms with Crippen LogP contribution >= 0.6 is 35.0 Å². The van der Waals surface area contributed by atoms with Gasteiger partial charge in [0.15, 0.2) is 0 Å². The fourth-order valence-corrected chi connectivity index (χ4v) is 5.19. The first-order valence-electron chi connectivity index (χ1n) is 8.10. The average Bonchev–Trinajstić information content (AvgIpc) is 2.60. The third-order valence-electron chi connectivity index (χ3n) is 4.06. The maximum atomic E-state index is 12.8. The molecule has 0 radical (unpaired) electrons. The standard InChI is InChI=1S/C16H22Cl2N2O3S2/c1-24-10-7-14(16(21)20-8-3-2-4-9-20)19-25(22,23)15-11-12(17)5-6-13(15)18/h5-6,11,14,19H,2-4,7-10H2,1H3. The van der Waals surface area contributed by atoms with Crippen molar-refractivity contribution >= 4 is 50.9 Å². The summed E-state index contributed by atoms with van der Waals surface area (Å²) in [5.41, 5.74) is 0. The van der Waals surface area contributed by atoms with Crippen molar-refractivity contribution in [3.63, 3.8) is 0 Å². The van der Waals surface area contributed by atoms with E-state index in [0.29, 0.717) is 25.3 Å². The highest BCUT2D eigenvalue weighted by atomic mass is 35.5. The molecular weight excluding hydrogens is 403 g/mol. The predicted molar refractivity (Wildman–Crippen MR) is 104 cm³/mol. The Kier molecular flexibility index (Phi) is 7.89. The van der Waals surface area contributed by atoms with Gasteiger partial charge in [0.1, 0.15) is 10.9 Å². The van der Waals surface area contributed by atoms with E-state index in [4.69, 9.17) is 23.2 Å². The molecule has 1 aliphatic rings. The molecule has 1 heterocycles. The summed E-state index contributed by atoms with van der Waals surface area (Å²) < 4.78 is 28.0. The first kappa shape index (κ1) is 20.8. The number of thioether (sulfide) groups is 1. The number of nitrogens with zero attached hydrogens (tertiary/aromatic N) is 1. The zero-order valence-corrected chi connectivity index (χ0v) is 17.1. The van der Waals surface area contributed by atoms with Crippen LogP contribution in [0.3, 0.4) is 0 Å². The van der Waals surface area contributed by atoms with Crippen LogP contribution < -0.4 is 4.72 Å². The molecule has 140 valence electrons. The minimum atomic E-state index is -3.95. The lowest BCUT2D eigenvalue weighted by Gasteiger charge is -2.30. The number of carbonyl (C=O) groups is 1. The number of benzene rings is 1. The van der Waals surface area contributed by atoms with Crippen LogP contribution in [0.5, 0.6) is 0 Å². The minimum absolute atomic E-state index is 0.0749. The Morgan fingerprint density at radius 2 is 1.96 bits per heavy atom. The maximum Gasteiger partial charge on any atom is 0.242 e. The van der Waals surface area contributed by atoms with Crippen molar-refractivity contribution in [2.75, 3.05) is 25.1 Å². The molecule has 2 rings (SSSR count). The number of rotatable bonds is 7. The first-order valence-corrected chi connectivity index (χ1v) is 11.7. The second-order valence-electron chi connectivity index (χ2n) is 5.92. The molecule has 0 bridgehead atoms. The van der Waals surface area contributed by atoms with Crippen molar-refractivity contribution in [3.8, 4) is 0 Å². The Hall–Kier alpha value is -0.470. The van der Waals surface area contributed by atoms with E-state index < -0.39 is 16.1 Å². The molecule has 25 heavy (non-hydrogen) atoms. The quantitative estimate of drug-likeness (QED) is 0.727. The molecule has 0 spiro atoms. The van der Waals surface area contributed by atoms with Crippen LogP contribution in [0.4, 0.5) is 0 Å². The summed E-state index contributed by atoms with van der Waals surface area (Å²) in [4.78, 5) is 14.4. The largest absolute Gasteiger partial charge is 0.341 e. The summed E-state index contributed by atoms with van der Waals surface area (Å²) in [5.74, 6) is 0.506. The Morgan fingerprint density at radius 1 is 1.28 bits per heavy atom. The van der Waals surface area contributed by atoms with Gasteiger partial charge in [-0.1, -0.05) is 23.2 Å². The molecule has 0 aliphatic carbocycles. The Balaban J connectivity index is 2.22. The van der Waals surface area contributed by atoms with Gasteiger partial charge in [-0.2, -0.15) is 16.5 Å². The zero-order valence-electron chi connectivity index (χ0n) is 14.0. The molecular formula is C16H22Cl2N2O3S2. The van der Waals surface area contributed by atoms with Gasteiger partial charge in [0.2, 0.25) is 15.9 Å². The fraction of sp³-hybridized carbons (Fsp3) is 0.562. The minimum Gasteiger partial charge on any atom is -0.341 e. The van der Waals surface area contributed by atoms with E-state index >= 15 is 0 Å². The van der Waals surface area contributed by atoms with Crippen LogP contribution in [0, 0.1) is 0 Å². The van der Waals surface area contributed by atoms with E-state index in [1.54, 1.807) is 16.7 Å². The van der Waals surface area contributed by atoms with E-state index in [1.165, 1.54) is 18.2 Å². The Labute approximate surface area is 163 Å². The van der Waals surface area contributed by atoms with Crippen molar-refractivity contribution in [2.24, 2.45) is 0 Å². The van der Waals surface area contributed by atoms with Gasteiger partial charge >= 0.3 is 0 Å². The highest BCUT2D eigenvalue weighted by Crippen LogP contribution is 2.25. The molecule has 0 saturated carbocycles. The average molecular weight is 425 g/mol. The Morgan fingerprint density at radius 3 is 2.60 bits per heavy atom. The number of amides is 1. The van der Waals surface area contributed by atoms with E-state index in [2.05, 4.69) is 4.72 Å². The summed E-state index contributed by atoms with van der Waals surface area (Å²) in [6.07, 6.45) is 5.35. The summed E-state index contributed by atoms with van der Waals surface area (Å²) in [6.45, 7) is 1.35. The third-order valence-corrected chi connectivity index (χ3v) is 6.89. The molecule has 1 fully saturated rings. The van der Waals surface area contributed by atoms with Crippen LogP contribution in [-0.4, -0.2) is 50.4 Å². The highest BCUT2D eigenvalue weighted by molar-refractivity contribution is 7.98. The molecule has 9 heteroatoms. The van der Waals surface area contributed by atoms with Gasteiger partial charge < -0.3 is 4.90 Å². The second kappa shape index (κ2) is 9.46. The highest BCUT2D eigenvalue weighted by Gasteiger charge is 2.30. The molecule has 1 aromatic rings. The summed E-state index contributed by atoms with van der Waals surface area (Å²) >= 11 is 13.5. The van der Waals surface area contributed by atoms with Crippen molar-refractivity contribution < 1.29 is 13.2 Å². The van der Waals surface area contributed by atoms with E-state index in [1.807, 2.05) is 6.26 Å². The van der Waals surface area contributed by atoms with Crippen LogP contribution in [0.15, 0.2) is 23.1 Å². The molecule has 5 nitrogen and oxygen atoms in total. The van der Waals surface area contributed by atoms with E-state index in [0.717, 1.165) is 19.3 Å². The third kappa shape index (κ3) is 5.76. The number of carbonyl (C=O) groups excluding carboxylic acids is 1. The molecule has 1 saturated heterocycles. The van der Waals surface area contributed by atoms with E-state index in [9.17, 15) is 13.2 Å². The van der Waals surface area contributed by atoms with Gasteiger partial charge in [-0.05, 0) is 55.9 Å². The normalized spacial score (nSPS) is 16.7. The fourth-order valence-electron chi connectivity index (χ4n) is 2.74. The van der Waals surface area contributed by atoms with Crippen LogP contribution in [0.25, 0.3) is 0 Å². The smallest absolute Gasteiger partial charge is 0.242 e. The van der Waals surface area contributed by atoms with Crippen molar-refractivity contribution in [1.29, 1.82) is 0 Å². The van der Waals surface area contributed by atoms with Crippen LogP contribution in [0.1, 0.15) is 25.7 Å². The number of sulfonamides is 1. The first-order chi connectivity index (χ1) is 11.8. The van der Waals surface area contributed by atoms with Crippen LogP contribution in [0.2, 0.25) is 10.0 Å². The predicted octanol–water partition coefficient (Wildman–Crippen LogP) is 3.41. The summed E-state index contributed by atoms with van der Waals surface area (Å²) in [6, 6.07) is 3.45. The lowest BCUT2D eigenvalue weighted by Crippen LogP contribution is -2.50. The zero-order chi connectivity index (χ0) is 18.4. The number of halogens is 2. The van der Waals surface area contributed by atoms with Gasteiger partial charge in [-0.3, -0.25) is 4.79 Å². The second-order valence-corrected chi connectivity index (χ2v) is 9.43. The van der Waals surface area contributed by atoms with Crippen molar-refractivity contribution in [3.05, 3.63) is 28.2 Å². The van der Waals surface area contributed by atoms with Crippen molar-refractivity contribution in [1.82, 2.24) is 9.62 Å². The SMILES string of the molecule is CSCCC(NS(=O)(=O)c1cc(Cl)ccc1Cl)C(=O)N1CCCCC1. The lowest BCUT2D eigenvalue weighted by atomic mass is 10.1. The van der Waals surface area contributed by atoms with Gasteiger partial charge in [0, 0.05) is 18.1 Å². The molecule has 1 atom stereocenters. The molecule has 1 N–H and O–H groups in total. The topological polar surface area (TPSA) is 66.5 Å². The number of hydrogen-bond acceptors (Lipinski definition) is 4. The van der Waals surface area contributed by atoms with Gasteiger partial charge in [0.05, 0.1) is 5.02 Å². The van der Waals surface area contributed by atoms with Gasteiger partial charge in [-0.25, -0.2) is 8.42 Å². The Bertz CT molecular complexity index is 707. The molecule has 1 aliphatic heterocycles. The number of hydrogen-bond donors (Lipinski definition) is 1. The lowest BCUT2D eigenvalue weighted by molar-refractivity contribution is -0.133. The molecule has 1 amide bonds. The maximum absolute atomic E-state index is 12.8. The number of piperidine rings is 1. The summed E-state index contributed by atoms with van der Waals surface area (Å²) in [7, 11) is -3.95. The van der Waals surface area contributed by atoms with Gasteiger partial charge in [0.25, 0.3) is 0 Å². The summed E-state index contributed by atoms with van der Waals surface area (Å²) in [5, 5.41) is 0.346. The van der Waals surface area contributed by atoms with Gasteiger partial charge in [-0.15, -0.1) is 0 Å².